The first kappa shape index (κ1) is 12.6. The molecule has 1 heterocycles. The van der Waals surface area contributed by atoms with Crippen LogP contribution in [0.2, 0.25) is 0 Å². The van der Waals surface area contributed by atoms with Gasteiger partial charge in [-0.25, -0.2) is 0 Å². The number of carbonyl (C=O) groups excluding carboxylic acids is 1. The standard InChI is InChI=1S/C13H16BrNO2/c14-11-5-2-1-4-10(11)7-8-15-13(16)12-6-3-9-17-12/h1-2,4-5,12H,3,6-9H2,(H,15,16). The van der Waals surface area contributed by atoms with Gasteiger partial charge in [0.15, 0.2) is 0 Å². The Morgan fingerprint density at radius 1 is 1.47 bits per heavy atom. The average molecular weight is 298 g/mol. The van der Waals surface area contributed by atoms with Gasteiger partial charge in [-0.15, -0.1) is 0 Å². The van der Waals surface area contributed by atoms with Crippen molar-refractivity contribution in [1.82, 2.24) is 5.32 Å². The Balaban J connectivity index is 1.76. The minimum Gasteiger partial charge on any atom is -0.368 e. The molecule has 1 N–H and O–H groups in total. The predicted octanol–water partition coefficient (Wildman–Crippen LogP) is 2.29. The molecular formula is C13H16BrNO2. The number of ether oxygens (including phenoxy) is 1. The van der Waals surface area contributed by atoms with Crippen LogP contribution >= 0.6 is 15.9 Å². The Morgan fingerprint density at radius 2 is 2.29 bits per heavy atom. The zero-order valence-electron chi connectivity index (χ0n) is 9.62. The van der Waals surface area contributed by atoms with Crippen LogP contribution in [0.15, 0.2) is 28.7 Å². The van der Waals surface area contributed by atoms with Gasteiger partial charge in [-0.3, -0.25) is 4.79 Å². The summed E-state index contributed by atoms with van der Waals surface area (Å²) < 4.78 is 6.41. The van der Waals surface area contributed by atoms with Crippen molar-refractivity contribution in [3.63, 3.8) is 0 Å². The number of halogens is 1. The monoisotopic (exact) mass is 297 g/mol. The lowest BCUT2D eigenvalue weighted by Gasteiger charge is -2.10. The summed E-state index contributed by atoms with van der Waals surface area (Å²) in [6.07, 6.45) is 2.44. The minimum atomic E-state index is -0.228. The van der Waals surface area contributed by atoms with Crippen molar-refractivity contribution in [1.29, 1.82) is 0 Å². The highest BCUT2D eigenvalue weighted by Gasteiger charge is 2.22. The van der Waals surface area contributed by atoms with Gasteiger partial charge in [-0.1, -0.05) is 34.1 Å². The van der Waals surface area contributed by atoms with Crippen LogP contribution in [0.3, 0.4) is 0 Å². The van der Waals surface area contributed by atoms with Gasteiger partial charge in [0.05, 0.1) is 0 Å². The summed E-state index contributed by atoms with van der Waals surface area (Å²) in [5, 5.41) is 2.92. The molecule has 1 saturated heterocycles. The topological polar surface area (TPSA) is 38.3 Å². The zero-order chi connectivity index (χ0) is 12.1. The fourth-order valence-corrected chi connectivity index (χ4v) is 2.40. The van der Waals surface area contributed by atoms with Gasteiger partial charge >= 0.3 is 0 Å². The Morgan fingerprint density at radius 3 is 3.00 bits per heavy atom. The molecule has 1 aromatic rings. The second-order valence-electron chi connectivity index (χ2n) is 4.13. The van der Waals surface area contributed by atoms with E-state index in [1.54, 1.807) is 0 Å². The van der Waals surface area contributed by atoms with E-state index in [1.807, 2.05) is 18.2 Å². The van der Waals surface area contributed by atoms with Crippen molar-refractivity contribution in [3.8, 4) is 0 Å². The van der Waals surface area contributed by atoms with Crippen LogP contribution in [0.5, 0.6) is 0 Å². The third kappa shape index (κ3) is 3.54. The van der Waals surface area contributed by atoms with E-state index >= 15 is 0 Å². The first-order valence-electron chi connectivity index (χ1n) is 5.90. The van der Waals surface area contributed by atoms with E-state index in [9.17, 15) is 4.79 Å². The van der Waals surface area contributed by atoms with Crippen LogP contribution in [0.4, 0.5) is 0 Å². The highest BCUT2D eigenvalue weighted by Crippen LogP contribution is 2.16. The molecule has 0 spiro atoms. The predicted molar refractivity (Wildman–Crippen MR) is 69.8 cm³/mol. The van der Waals surface area contributed by atoms with E-state index < -0.39 is 0 Å². The number of nitrogens with one attached hydrogen (secondary N) is 1. The first-order chi connectivity index (χ1) is 8.27. The first-order valence-corrected chi connectivity index (χ1v) is 6.69. The maximum absolute atomic E-state index is 11.7. The van der Waals surface area contributed by atoms with E-state index in [0.29, 0.717) is 13.2 Å². The van der Waals surface area contributed by atoms with Crippen molar-refractivity contribution in [2.24, 2.45) is 0 Å². The molecule has 1 aliphatic heterocycles. The smallest absolute Gasteiger partial charge is 0.249 e. The Labute approximate surface area is 110 Å². The molecule has 1 fully saturated rings. The van der Waals surface area contributed by atoms with Gasteiger partial charge < -0.3 is 10.1 Å². The summed E-state index contributed by atoms with van der Waals surface area (Å²) in [6, 6.07) is 8.06. The summed E-state index contributed by atoms with van der Waals surface area (Å²) in [5.74, 6) is 0.0227. The third-order valence-electron chi connectivity index (χ3n) is 2.87. The van der Waals surface area contributed by atoms with Crippen molar-refractivity contribution in [2.75, 3.05) is 13.2 Å². The van der Waals surface area contributed by atoms with Crippen LogP contribution < -0.4 is 5.32 Å². The normalized spacial score (nSPS) is 19.2. The van der Waals surface area contributed by atoms with Crippen LogP contribution in [-0.2, 0) is 16.0 Å². The molecule has 92 valence electrons. The van der Waals surface area contributed by atoms with Gasteiger partial charge in [0, 0.05) is 17.6 Å². The lowest BCUT2D eigenvalue weighted by molar-refractivity contribution is -0.129. The second kappa shape index (κ2) is 6.17. The highest BCUT2D eigenvalue weighted by molar-refractivity contribution is 9.10. The molecule has 0 aliphatic carbocycles. The molecule has 4 heteroatoms. The molecule has 0 radical (unpaired) electrons. The lowest BCUT2D eigenvalue weighted by Crippen LogP contribution is -2.35. The van der Waals surface area contributed by atoms with Gasteiger partial charge in [0.2, 0.25) is 5.91 Å². The van der Waals surface area contributed by atoms with E-state index in [4.69, 9.17) is 4.74 Å². The number of amides is 1. The molecule has 0 aromatic heterocycles. The molecule has 1 aromatic carbocycles. The summed E-state index contributed by atoms with van der Waals surface area (Å²) in [4.78, 5) is 11.7. The molecule has 1 amide bonds. The molecular weight excluding hydrogens is 282 g/mol. The minimum absolute atomic E-state index is 0.0227. The molecule has 0 bridgehead atoms. The van der Waals surface area contributed by atoms with Crippen molar-refractivity contribution >= 4 is 21.8 Å². The van der Waals surface area contributed by atoms with Gasteiger partial charge in [-0.2, -0.15) is 0 Å². The van der Waals surface area contributed by atoms with E-state index in [0.717, 1.165) is 23.7 Å². The number of rotatable bonds is 4. The Kier molecular flexibility index (Phi) is 4.57. The van der Waals surface area contributed by atoms with Crippen LogP contribution in [0.1, 0.15) is 18.4 Å². The van der Waals surface area contributed by atoms with Gasteiger partial charge in [-0.05, 0) is 30.9 Å². The maximum Gasteiger partial charge on any atom is 0.249 e. The van der Waals surface area contributed by atoms with Crippen molar-refractivity contribution < 1.29 is 9.53 Å². The summed E-state index contributed by atoms with van der Waals surface area (Å²) in [6.45, 7) is 1.36. The fourth-order valence-electron chi connectivity index (χ4n) is 1.92. The molecule has 17 heavy (non-hydrogen) atoms. The number of carbonyl (C=O) groups is 1. The Hall–Kier alpha value is -0.870. The maximum atomic E-state index is 11.7. The molecule has 2 rings (SSSR count). The van der Waals surface area contributed by atoms with Crippen LogP contribution in [-0.4, -0.2) is 25.2 Å². The van der Waals surface area contributed by atoms with Gasteiger partial charge in [0.1, 0.15) is 6.10 Å². The summed E-state index contributed by atoms with van der Waals surface area (Å²) in [7, 11) is 0. The van der Waals surface area contributed by atoms with E-state index in [2.05, 4.69) is 27.3 Å². The van der Waals surface area contributed by atoms with Gasteiger partial charge in [0.25, 0.3) is 0 Å². The lowest BCUT2D eigenvalue weighted by atomic mass is 10.1. The largest absolute Gasteiger partial charge is 0.368 e. The summed E-state index contributed by atoms with van der Waals surface area (Å²) >= 11 is 3.49. The average Bonchev–Trinajstić information content (AvgIpc) is 2.85. The van der Waals surface area contributed by atoms with Crippen LogP contribution in [0, 0.1) is 0 Å². The molecule has 1 atom stereocenters. The Bertz CT molecular complexity index is 389. The fraction of sp³-hybridized carbons (Fsp3) is 0.462. The second-order valence-corrected chi connectivity index (χ2v) is 4.99. The number of benzene rings is 1. The molecule has 1 aliphatic rings. The highest BCUT2D eigenvalue weighted by atomic mass is 79.9. The summed E-state index contributed by atoms with van der Waals surface area (Å²) in [5.41, 5.74) is 1.21. The van der Waals surface area contributed by atoms with Crippen molar-refractivity contribution in [3.05, 3.63) is 34.3 Å². The molecule has 0 saturated carbocycles. The number of hydrogen-bond acceptors (Lipinski definition) is 2. The number of hydrogen-bond donors (Lipinski definition) is 1. The molecule has 3 nitrogen and oxygen atoms in total. The zero-order valence-corrected chi connectivity index (χ0v) is 11.2. The molecule has 1 unspecified atom stereocenters. The van der Waals surface area contributed by atoms with E-state index in [1.165, 1.54) is 5.56 Å². The third-order valence-corrected chi connectivity index (χ3v) is 3.65. The van der Waals surface area contributed by atoms with Crippen molar-refractivity contribution in [2.45, 2.75) is 25.4 Å². The quantitative estimate of drug-likeness (QED) is 0.926. The van der Waals surface area contributed by atoms with E-state index in [-0.39, 0.29) is 12.0 Å². The van der Waals surface area contributed by atoms with Crippen LogP contribution in [0.25, 0.3) is 0 Å². The SMILES string of the molecule is O=C(NCCc1ccccc1Br)C1CCCO1.